The number of nitrogens with zero attached hydrogens (tertiary/aromatic N) is 6. The fourth-order valence-electron chi connectivity index (χ4n) is 35.2. The van der Waals surface area contributed by atoms with Crippen molar-refractivity contribution in [2.75, 3.05) is 86.6 Å². The van der Waals surface area contributed by atoms with E-state index >= 15 is 0 Å². The summed E-state index contributed by atoms with van der Waals surface area (Å²) in [7, 11) is 6.67. The highest BCUT2D eigenvalue weighted by molar-refractivity contribution is 5.92. The second-order valence-electron chi connectivity index (χ2n) is 47.4. The van der Waals surface area contributed by atoms with E-state index in [1.54, 1.807) is 30.3 Å². The second kappa shape index (κ2) is 30.9. The third kappa shape index (κ3) is 11.7. The zero-order valence-electron chi connectivity index (χ0n) is 80.4. The van der Waals surface area contributed by atoms with Crippen LogP contribution in [0.25, 0.3) is 0 Å². The number of rotatable bonds is 8. The first-order valence-electron chi connectivity index (χ1n) is 52.4. The molecule has 7 saturated carbocycles. The lowest BCUT2D eigenvalue weighted by atomic mass is 9.48. The lowest BCUT2D eigenvalue weighted by Gasteiger charge is -2.64. The minimum atomic E-state index is -1.00. The van der Waals surface area contributed by atoms with E-state index in [1.807, 2.05) is 54.6 Å². The molecule has 6 aromatic carbocycles. The van der Waals surface area contributed by atoms with Crippen molar-refractivity contribution >= 4 is 17.3 Å². The van der Waals surface area contributed by atoms with Crippen LogP contribution in [0.5, 0.6) is 63.2 Å². The summed E-state index contributed by atoms with van der Waals surface area (Å²) in [5.74, 6) is 6.56. The number of Topliss-reactive ketones (excluding diaryl/α,β-unsaturated/α-hetero) is 3. The second-order valence-corrected chi connectivity index (χ2v) is 47.4. The molecule has 25 nitrogen and oxygen atoms in total. The SMILES string of the molecule is C=C1CC[C@@]2(O)[C@H]3Cc4ccc(O)c5c4[C@@]2(CCN3CC2CC2)[C@H]1O5.C=CCN1CC[C@]23c4c5ccc(O)c4O[C@H]2C(=O)CC[C@@]3(O)[C@H]1C5.C=CC[N+]1(C)CC[C@]23c4c5ccc(O)c4O[C@H]2C(=O)CC[C@@]3(O)[C@H]1C5.CN1CC[C@]23CCCC[C@H]2[C@H]1Cc1ccc(O)cc13.CN1CC[C@]23c4c5ccc(O)c4O[C@H]2C(O)C=CC3[C@H]1C5.O=C1CC[C@@]2(O)[C@H]3Cc4ccc(O)c5c4[C@@]2(CCN3CC2CC2)[C@H]1O5. The molecule has 11 heterocycles. The van der Waals surface area contributed by atoms with E-state index in [2.05, 4.69) is 83.6 Å². The standard InChI is InChI=1S/C21H25NO3.2C20H23NO4.C19H21NO4.C17H19NO3.C17H23NO/c1-12-6-7-21(24)16-10-14-4-5-15(23)18-17(14)20(21,19(12)25-18)8-9-22(16)11-13-2-3-13;22-13-4-3-12-9-15-20(24)6-5-14(23)18-19(20,16(12)17(13)25-18)7-8-21(15)10-11-1-2-11;1-3-9-21(2)10-8-19-16-12-4-5-13(22)17(16)25-18(19)14(23)6-7-20(19,24)15(21)11-12;1-2-8-20-9-7-18-15-11-3-4-12(21)16(15)24-17(18)13(22)5-6-19(18,23)14(20)10-11;1-18-7-6-17-10-3-5-13(20)16(17)21-15-12(19)4-2-9(14(15)17)8-11(10)18;1-18-9-8-17-7-3-2-4-14(17)16(18)10-12-5-6-13(19)11-15(12)17/h4-5,13,16,19,23-24H,1-3,6-11H2;3-4,11,15,18,22,24H,1-2,5-10H2;3-5,15,18,24H,1,6-11H2,2H3;2-4,14,17,21,23H,1,5-10H2;2-5,10-11,13,16,19-20H,6-8H2,1H3;5-6,11,14,16,19H,2-4,7-10H2,1H3/p+1/t16-,19+,20+,21-;15-,18+,19+,20-;15-,18+,19+,20-,21?;14-,17+,18+,19-;10?,11-,13?,16+,17+;14-,16+,17+/m111110/s1. The van der Waals surface area contributed by atoms with Crippen molar-refractivity contribution in [2.24, 2.45) is 23.7 Å². The van der Waals surface area contributed by atoms with Crippen molar-refractivity contribution in [3.05, 3.63) is 195 Å². The van der Waals surface area contributed by atoms with Gasteiger partial charge in [-0.05, 0) is 286 Å². The fourth-order valence-corrected chi connectivity index (χ4v) is 35.2. The lowest BCUT2D eigenvalue weighted by molar-refractivity contribution is -0.944. The minimum absolute atomic E-state index is 0.00134. The average Bonchev–Trinajstić information content (AvgIpc) is 1.55. The topological polar surface area (TPSA) is 336 Å². The maximum Gasteiger partial charge on any atom is 0.174 e. The van der Waals surface area contributed by atoms with Gasteiger partial charge in [0.05, 0.1) is 58.6 Å². The van der Waals surface area contributed by atoms with Crippen molar-refractivity contribution in [3.63, 3.8) is 0 Å². The third-order valence-electron chi connectivity index (χ3n) is 41.7. The number of likely N-dealkylation sites (N-methyl/N-ethyl adjacent to an activating group) is 3. The number of hydrogen-bond donors (Lipinski definition) is 11. The number of hydrogen-bond acceptors (Lipinski definition) is 24. The number of phenolic OH excluding ortho intramolecular Hbond substituents is 6. The smallest absolute Gasteiger partial charge is 0.174 e. The zero-order chi connectivity index (χ0) is 95.6. The molecule has 6 saturated heterocycles. The highest BCUT2D eigenvalue weighted by Crippen LogP contribution is 2.73. The summed E-state index contributed by atoms with van der Waals surface area (Å²) in [6, 6.07) is 25.8. The van der Waals surface area contributed by atoms with Crippen molar-refractivity contribution in [1.29, 1.82) is 0 Å². The van der Waals surface area contributed by atoms with Gasteiger partial charge in [0, 0.05) is 133 Å². The molecule has 14 aliphatic carbocycles. The van der Waals surface area contributed by atoms with Crippen LogP contribution in [0.3, 0.4) is 0 Å². The van der Waals surface area contributed by atoms with Gasteiger partial charge < -0.3 is 94.1 Å². The van der Waals surface area contributed by atoms with Crippen molar-refractivity contribution in [1.82, 2.24) is 24.5 Å². The number of aliphatic hydroxyl groups is 5. The number of aliphatic hydroxyl groups excluding tert-OH is 1. The van der Waals surface area contributed by atoms with Crippen LogP contribution in [0.2, 0.25) is 0 Å². The largest absolute Gasteiger partial charge is 0.508 e. The number of ether oxygens (including phenoxy) is 5. The molecule has 25 atom stereocenters. The first kappa shape index (κ1) is 89.7. The Morgan fingerprint density at radius 3 is 1.40 bits per heavy atom. The van der Waals surface area contributed by atoms with Crippen molar-refractivity contribution < 1.29 is 98.7 Å². The molecular formula is C114H135N6O19+. The number of carbonyl (C=O) groups is 3. The van der Waals surface area contributed by atoms with Gasteiger partial charge in [0.1, 0.15) is 35.7 Å². The molecule has 31 rings (SSSR count). The molecule has 6 aromatic rings. The summed E-state index contributed by atoms with van der Waals surface area (Å²) in [6.07, 6.45) is 30.0. The van der Waals surface area contributed by atoms with Crippen LogP contribution in [0, 0.1) is 23.7 Å². The van der Waals surface area contributed by atoms with Crippen LogP contribution in [-0.4, -0.2) is 284 Å². The number of aromatic hydroxyl groups is 6. The Morgan fingerprint density at radius 2 is 0.878 bits per heavy atom. The maximum absolute atomic E-state index is 12.7. The van der Waals surface area contributed by atoms with E-state index < -0.39 is 68.5 Å². The van der Waals surface area contributed by atoms with Gasteiger partial charge >= 0.3 is 0 Å². The van der Waals surface area contributed by atoms with E-state index in [4.69, 9.17) is 23.7 Å². The normalized spacial score (nSPS) is 41.0. The number of ketones is 3. The Labute approximate surface area is 812 Å². The molecule has 25 heteroatoms. The summed E-state index contributed by atoms with van der Waals surface area (Å²) in [5, 5.41) is 120. The predicted molar refractivity (Wildman–Crippen MR) is 517 cm³/mol. The summed E-state index contributed by atoms with van der Waals surface area (Å²) < 4.78 is 31.2. The zero-order valence-corrected chi connectivity index (χ0v) is 80.4. The highest BCUT2D eigenvalue weighted by atomic mass is 16.5. The van der Waals surface area contributed by atoms with Crippen molar-refractivity contribution in [2.45, 2.75) is 308 Å². The molecule has 11 N–H and O–H groups in total. The molecule has 25 aliphatic rings. The number of carbonyl (C=O) groups excluding carboxylic acids is 3. The highest BCUT2D eigenvalue weighted by Gasteiger charge is 2.80. The van der Waals surface area contributed by atoms with Crippen LogP contribution in [0.1, 0.15) is 208 Å². The van der Waals surface area contributed by atoms with Gasteiger partial charge in [0.2, 0.25) is 0 Å². The molecule has 5 spiro atoms. The van der Waals surface area contributed by atoms with Gasteiger partial charge in [-0.1, -0.05) is 80.6 Å². The Hall–Kier alpha value is -9.35. The van der Waals surface area contributed by atoms with Crippen molar-refractivity contribution in [3.8, 4) is 63.2 Å². The summed E-state index contributed by atoms with van der Waals surface area (Å²) >= 11 is 0. The molecule has 0 aromatic heterocycles. The first-order chi connectivity index (χ1) is 66.8. The Balaban J connectivity index is 0.0000000862. The minimum Gasteiger partial charge on any atom is -0.508 e. The molecule has 734 valence electrons. The quantitative estimate of drug-likeness (QED) is 0.0498. The molecule has 0 radical (unpaired) electrons. The molecular weight excluding hydrogens is 1760 g/mol. The molecule has 12 bridgehead atoms. The molecule has 0 amide bonds. The number of piperidine rings is 6. The fraction of sp³-hybridized carbons (Fsp3) is 0.588. The van der Waals surface area contributed by atoms with E-state index in [-0.39, 0.29) is 87.9 Å². The lowest BCUT2D eigenvalue weighted by Crippen LogP contribution is -2.80. The van der Waals surface area contributed by atoms with Crippen LogP contribution in [0.4, 0.5) is 0 Å². The van der Waals surface area contributed by atoms with E-state index in [0.29, 0.717) is 110 Å². The Morgan fingerprint density at radius 1 is 0.439 bits per heavy atom. The average molecular weight is 1890 g/mol. The van der Waals surface area contributed by atoms with Crippen LogP contribution >= 0.6 is 0 Å². The molecule has 3 unspecified atom stereocenters. The summed E-state index contributed by atoms with van der Waals surface area (Å²) in [4.78, 5) is 50.4. The van der Waals surface area contributed by atoms with Gasteiger partial charge in [-0.15, -0.1) is 6.58 Å². The van der Waals surface area contributed by atoms with Crippen LogP contribution < -0.4 is 23.7 Å². The Kier molecular flexibility index (Phi) is 19.9. The molecule has 139 heavy (non-hydrogen) atoms. The monoisotopic (exact) mass is 1890 g/mol. The number of phenols is 6. The third-order valence-corrected chi connectivity index (χ3v) is 41.7. The van der Waals surface area contributed by atoms with Gasteiger partial charge in [0.15, 0.2) is 93.2 Å². The first-order valence-corrected chi connectivity index (χ1v) is 52.4. The van der Waals surface area contributed by atoms with E-state index in [1.165, 1.54) is 98.6 Å². The van der Waals surface area contributed by atoms with Gasteiger partial charge in [-0.3, -0.25) is 29.1 Å². The summed E-state index contributed by atoms with van der Waals surface area (Å²) in [5.41, 5.74) is 8.86. The predicted octanol–water partition coefficient (Wildman–Crippen LogP) is 11.1. The summed E-state index contributed by atoms with van der Waals surface area (Å²) in [6.45, 7) is 21.5. The van der Waals surface area contributed by atoms with Crippen LogP contribution in [0.15, 0.2) is 128 Å². The molecule has 13 fully saturated rings. The number of likely N-dealkylation sites (tertiary alicyclic amines) is 6. The Bertz CT molecular complexity index is 6160. The van der Waals surface area contributed by atoms with Gasteiger partial charge in [0.25, 0.3) is 0 Å². The van der Waals surface area contributed by atoms with E-state index in [0.717, 1.165) is 189 Å². The van der Waals surface area contributed by atoms with E-state index in [9.17, 15) is 70.6 Å². The van der Waals surface area contributed by atoms with Gasteiger partial charge in [-0.2, -0.15) is 0 Å². The number of benzene rings is 6. The van der Waals surface area contributed by atoms with Crippen LogP contribution in [-0.2, 0) is 85.4 Å². The maximum atomic E-state index is 12.7. The number of fused-ring (bicyclic) bond motifs is 1. The molecule has 11 aliphatic heterocycles. The van der Waals surface area contributed by atoms with Gasteiger partial charge in [-0.25, -0.2) is 0 Å². The number of quaternary nitrogens is 1.